The largest absolute Gasteiger partial charge is 0.270 e. The van der Waals surface area contributed by atoms with E-state index in [9.17, 15) is 0 Å². The van der Waals surface area contributed by atoms with Gasteiger partial charge in [0.25, 0.3) is 0 Å². The number of hydrazine groups is 1. The van der Waals surface area contributed by atoms with Crippen molar-refractivity contribution in [2.24, 2.45) is 11.8 Å². The first-order chi connectivity index (χ1) is 4.86. The molecule has 1 saturated carbocycles. The molecule has 0 aliphatic heterocycles. The Balaban J connectivity index is 2.15. The smallest absolute Gasteiger partial charge is 0.0817 e. The van der Waals surface area contributed by atoms with Crippen molar-refractivity contribution in [1.29, 1.82) is 0 Å². The fraction of sp³-hybridized carbons (Fsp3) is 0.750. The maximum absolute atomic E-state index is 5.22. The average molecular weight is 138 g/mol. The highest BCUT2D eigenvalue weighted by Gasteiger charge is 2.19. The minimum atomic E-state index is 0.0882. The molecular formula is C8H14N2. The summed E-state index contributed by atoms with van der Waals surface area (Å²) in [7, 11) is 0. The molecule has 0 bridgehead atoms. The summed E-state index contributed by atoms with van der Waals surface area (Å²) in [5.74, 6) is 8.66. The molecule has 2 heteroatoms. The predicted octanol–water partition coefficient (Wildman–Crippen LogP) is 0.642. The molecule has 1 rings (SSSR count). The number of hydrogen-bond donors (Lipinski definition) is 2. The van der Waals surface area contributed by atoms with Crippen molar-refractivity contribution in [3.8, 4) is 12.3 Å². The van der Waals surface area contributed by atoms with Crippen LogP contribution >= 0.6 is 0 Å². The molecule has 0 aromatic rings. The topological polar surface area (TPSA) is 38.0 Å². The van der Waals surface area contributed by atoms with Crippen molar-refractivity contribution in [3.63, 3.8) is 0 Å². The molecule has 1 fully saturated rings. The van der Waals surface area contributed by atoms with Crippen LogP contribution < -0.4 is 11.3 Å². The van der Waals surface area contributed by atoms with Crippen molar-refractivity contribution in [2.45, 2.75) is 31.7 Å². The Bertz CT molecular complexity index is 133. The van der Waals surface area contributed by atoms with E-state index in [-0.39, 0.29) is 6.04 Å². The van der Waals surface area contributed by atoms with E-state index in [0.717, 1.165) is 12.3 Å². The van der Waals surface area contributed by atoms with Crippen LogP contribution in [0.25, 0.3) is 0 Å². The zero-order chi connectivity index (χ0) is 7.40. The molecule has 0 heterocycles. The third kappa shape index (κ3) is 1.73. The molecule has 2 nitrogen and oxygen atoms in total. The number of hydrogen-bond acceptors (Lipinski definition) is 2. The molecule has 10 heavy (non-hydrogen) atoms. The predicted molar refractivity (Wildman–Crippen MR) is 41.9 cm³/mol. The SMILES string of the molecule is C#CC(CC1CCC1)NN. The Kier molecular flexibility index (Phi) is 2.73. The first kappa shape index (κ1) is 7.59. The molecule has 0 amide bonds. The molecule has 1 aliphatic rings. The summed E-state index contributed by atoms with van der Waals surface area (Å²) < 4.78 is 0. The Labute approximate surface area is 62.1 Å². The zero-order valence-corrected chi connectivity index (χ0v) is 6.14. The highest BCUT2D eigenvalue weighted by molar-refractivity contribution is 4.99. The molecule has 1 atom stereocenters. The molecular weight excluding hydrogens is 124 g/mol. The second kappa shape index (κ2) is 3.60. The van der Waals surface area contributed by atoms with Crippen LogP contribution in [0, 0.1) is 18.3 Å². The fourth-order valence-corrected chi connectivity index (χ4v) is 1.25. The minimum absolute atomic E-state index is 0.0882. The first-order valence-electron chi connectivity index (χ1n) is 3.79. The Morgan fingerprint density at radius 3 is 2.70 bits per heavy atom. The number of nitrogens with one attached hydrogen (secondary N) is 1. The van der Waals surface area contributed by atoms with Crippen LogP contribution in [0.1, 0.15) is 25.7 Å². The van der Waals surface area contributed by atoms with Gasteiger partial charge in [-0.25, -0.2) is 5.43 Å². The Hall–Kier alpha value is -0.520. The van der Waals surface area contributed by atoms with Gasteiger partial charge in [-0.1, -0.05) is 25.2 Å². The van der Waals surface area contributed by atoms with Gasteiger partial charge < -0.3 is 0 Å². The molecule has 0 spiro atoms. The number of terminal acetylenes is 1. The molecule has 0 aromatic carbocycles. The fourth-order valence-electron chi connectivity index (χ4n) is 1.25. The van der Waals surface area contributed by atoms with E-state index in [4.69, 9.17) is 12.3 Å². The maximum Gasteiger partial charge on any atom is 0.0817 e. The standard InChI is InChI=1S/C8H14N2/c1-2-8(10-9)6-7-4-3-5-7/h1,7-8,10H,3-6,9H2. The van der Waals surface area contributed by atoms with Gasteiger partial charge in [-0.15, -0.1) is 6.42 Å². The van der Waals surface area contributed by atoms with Gasteiger partial charge in [-0.2, -0.15) is 0 Å². The summed E-state index contributed by atoms with van der Waals surface area (Å²) in [6.07, 6.45) is 10.3. The van der Waals surface area contributed by atoms with E-state index in [1.54, 1.807) is 0 Å². The van der Waals surface area contributed by atoms with Gasteiger partial charge in [0.15, 0.2) is 0 Å². The summed E-state index contributed by atoms with van der Waals surface area (Å²) in [4.78, 5) is 0. The third-order valence-electron chi connectivity index (χ3n) is 2.20. The van der Waals surface area contributed by atoms with Crippen molar-refractivity contribution in [3.05, 3.63) is 0 Å². The number of nitrogens with two attached hydrogens (primary N) is 1. The second-order valence-electron chi connectivity index (χ2n) is 2.92. The van der Waals surface area contributed by atoms with Crippen LogP contribution in [-0.2, 0) is 0 Å². The molecule has 3 N–H and O–H groups in total. The maximum atomic E-state index is 5.22. The Morgan fingerprint density at radius 2 is 2.40 bits per heavy atom. The summed E-state index contributed by atoms with van der Waals surface area (Å²) in [6.45, 7) is 0. The van der Waals surface area contributed by atoms with Crippen LogP contribution in [-0.4, -0.2) is 6.04 Å². The third-order valence-corrected chi connectivity index (χ3v) is 2.20. The molecule has 0 saturated heterocycles. The van der Waals surface area contributed by atoms with Crippen LogP contribution in [0.2, 0.25) is 0 Å². The van der Waals surface area contributed by atoms with Crippen LogP contribution in [0.15, 0.2) is 0 Å². The summed E-state index contributed by atoms with van der Waals surface area (Å²) in [6, 6.07) is 0.0882. The van der Waals surface area contributed by atoms with Crippen molar-refractivity contribution in [1.82, 2.24) is 5.43 Å². The minimum Gasteiger partial charge on any atom is -0.270 e. The van der Waals surface area contributed by atoms with Crippen LogP contribution in [0.5, 0.6) is 0 Å². The summed E-state index contributed by atoms with van der Waals surface area (Å²) >= 11 is 0. The summed E-state index contributed by atoms with van der Waals surface area (Å²) in [5.41, 5.74) is 2.61. The monoisotopic (exact) mass is 138 g/mol. The average Bonchev–Trinajstić information content (AvgIpc) is 1.87. The summed E-state index contributed by atoms with van der Waals surface area (Å²) in [5, 5.41) is 0. The lowest BCUT2D eigenvalue weighted by Gasteiger charge is -2.27. The number of rotatable bonds is 3. The lowest BCUT2D eigenvalue weighted by atomic mass is 9.81. The van der Waals surface area contributed by atoms with Gasteiger partial charge >= 0.3 is 0 Å². The lowest BCUT2D eigenvalue weighted by Crippen LogP contribution is -2.36. The van der Waals surface area contributed by atoms with Crippen molar-refractivity contribution < 1.29 is 0 Å². The van der Waals surface area contributed by atoms with E-state index < -0.39 is 0 Å². The van der Waals surface area contributed by atoms with E-state index >= 15 is 0 Å². The van der Waals surface area contributed by atoms with E-state index in [1.165, 1.54) is 19.3 Å². The lowest BCUT2D eigenvalue weighted by molar-refractivity contribution is 0.278. The first-order valence-corrected chi connectivity index (χ1v) is 3.79. The van der Waals surface area contributed by atoms with Crippen LogP contribution in [0.3, 0.4) is 0 Å². The van der Waals surface area contributed by atoms with Gasteiger partial charge in [0.1, 0.15) is 0 Å². The second-order valence-corrected chi connectivity index (χ2v) is 2.92. The van der Waals surface area contributed by atoms with Gasteiger partial charge in [0.2, 0.25) is 0 Å². The van der Waals surface area contributed by atoms with Gasteiger partial charge in [-0.05, 0) is 12.3 Å². The highest BCUT2D eigenvalue weighted by atomic mass is 15.2. The van der Waals surface area contributed by atoms with Crippen molar-refractivity contribution >= 4 is 0 Å². The molecule has 0 aromatic heterocycles. The quantitative estimate of drug-likeness (QED) is 0.341. The van der Waals surface area contributed by atoms with E-state index in [2.05, 4.69) is 11.3 Å². The van der Waals surface area contributed by atoms with E-state index in [1.807, 2.05) is 0 Å². The normalized spacial score (nSPS) is 21.2. The molecule has 56 valence electrons. The van der Waals surface area contributed by atoms with E-state index in [0.29, 0.717) is 0 Å². The molecule has 0 radical (unpaired) electrons. The Morgan fingerprint density at radius 1 is 1.70 bits per heavy atom. The molecule has 1 aliphatic carbocycles. The highest BCUT2D eigenvalue weighted by Crippen LogP contribution is 2.30. The van der Waals surface area contributed by atoms with Gasteiger partial charge in [0, 0.05) is 0 Å². The van der Waals surface area contributed by atoms with Crippen LogP contribution in [0.4, 0.5) is 0 Å². The zero-order valence-electron chi connectivity index (χ0n) is 6.14. The van der Waals surface area contributed by atoms with Crippen molar-refractivity contribution in [2.75, 3.05) is 0 Å². The van der Waals surface area contributed by atoms with Gasteiger partial charge in [0.05, 0.1) is 6.04 Å². The van der Waals surface area contributed by atoms with Gasteiger partial charge in [-0.3, -0.25) is 5.84 Å². The molecule has 1 unspecified atom stereocenters.